The largest absolute Gasteiger partial charge is 0.406 e. The Morgan fingerprint density at radius 3 is 2.70 bits per heavy atom. The summed E-state index contributed by atoms with van der Waals surface area (Å²) in [6, 6.07) is 4.06. The van der Waals surface area contributed by atoms with Crippen LogP contribution in [0, 0.1) is 0 Å². The summed E-state index contributed by atoms with van der Waals surface area (Å²) in [5.74, 6) is -0.645. The number of hydrogen-bond acceptors (Lipinski definition) is 2. The van der Waals surface area contributed by atoms with Crippen LogP contribution >= 0.6 is 0 Å². The molecule has 0 aliphatic heterocycles. The monoisotopic (exact) mass is 285 g/mol. The van der Waals surface area contributed by atoms with E-state index in [0.29, 0.717) is 11.0 Å². The number of nitrogens with one attached hydrogen (secondary N) is 1. The fraction of sp³-hybridized carbons (Fsp3) is 0.385. The molecule has 0 unspecified atom stereocenters. The average Bonchev–Trinajstić information content (AvgIpc) is 2.80. The van der Waals surface area contributed by atoms with E-state index in [9.17, 15) is 18.0 Å². The maximum absolute atomic E-state index is 12.5. The van der Waals surface area contributed by atoms with Gasteiger partial charge in [-0.05, 0) is 32.0 Å². The number of alkyl halides is 3. The summed E-state index contributed by atoms with van der Waals surface area (Å²) in [6.07, 6.45) is -2.95. The Hall–Kier alpha value is -2.05. The minimum absolute atomic E-state index is 0.208. The number of rotatable bonds is 3. The molecule has 1 heterocycles. The number of carbonyl (C=O) groups is 1. The van der Waals surface area contributed by atoms with Gasteiger partial charge in [0.15, 0.2) is 0 Å². The lowest BCUT2D eigenvalue weighted by Crippen LogP contribution is -2.43. The quantitative estimate of drug-likeness (QED) is 0.942. The molecular weight excluding hydrogens is 271 g/mol. The number of aromatic amines is 1. The summed E-state index contributed by atoms with van der Waals surface area (Å²) < 4.78 is 37.6. The van der Waals surface area contributed by atoms with Gasteiger partial charge in [0.1, 0.15) is 6.54 Å². The van der Waals surface area contributed by atoms with E-state index in [0.717, 1.165) is 4.90 Å². The number of hydrogen-bond donors (Lipinski definition) is 1. The fourth-order valence-electron chi connectivity index (χ4n) is 1.92. The lowest BCUT2D eigenvalue weighted by Gasteiger charge is -2.27. The van der Waals surface area contributed by atoms with Crippen molar-refractivity contribution < 1.29 is 18.0 Å². The van der Waals surface area contributed by atoms with Gasteiger partial charge in [0.25, 0.3) is 5.91 Å². The van der Waals surface area contributed by atoms with Gasteiger partial charge in [-0.15, -0.1) is 0 Å². The second-order valence-corrected chi connectivity index (χ2v) is 4.78. The number of imidazole rings is 1. The number of benzene rings is 1. The molecule has 108 valence electrons. The first-order valence-electron chi connectivity index (χ1n) is 6.09. The maximum atomic E-state index is 12.5. The predicted molar refractivity (Wildman–Crippen MR) is 68.3 cm³/mol. The van der Waals surface area contributed by atoms with Crippen LogP contribution in [0.3, 0.4) is 0 Å². The van der Waals surface area contributed by atoms with E-state index in [-0.39, 0.29) is 5.56 Å². The molecule has 2 aromatic rings. The Balaban J connectivity index is 2.30. The number of aromatic nitrogens is 2. The first kappa shape index (κ1) is 14.4. The van der Waals surface area contributed by atoms with E-state index in [4.69, 9.17) is 0 Å². The number of nitrogens with zero attached hydrogens (tertiary/aromatic N) is 2. The summed E-state index contributed by atoms with van der Waals surface area (Å²) >= 11 is 0. The van der Waals surface area contributed by atoms with Crippen molar-refractivity contribution >= 4 is 16.9 Å². The zero-order valence-corrected chi connectivity index (χ0v) is 11.0. The Bertz CT molecular complexity index is 619. The van der Waals surface area contributed by atoms with E-state index < -0.39 is 24.7 Å². The first-order chi connectivity index (χ1) is 9.28. The molecule has 0 bridgehead atoms. The van der Waals surface area contributed by atoms with E-state index in [1.165, 1.54) is 18.5 Å². The number of amides is 1. The zero-order chi connectivity index (χ0) is 14.9. The third-order valence-corrected chi connectivity index (χ3v) is 2.90. The summed E-state index contributed by atoms with van der Waals surface area (Å²) in [5, 5.41) is 0. The van der Waals surface area contributed by atoms with Crippen molar-refractivity contribution in [3.63, 3.8) is 0 Å². The Labute approximate surface area is 113 Å². The van der Waals surface area contributed by atoms with Crippen molar-refractivity contribution in [2.75, 3.05) is 6.54 Å². The second kappa shape index (κ2) is 5.15. The highest BCUT2D eigenvalue weighted by Crippen LogP contribution is 2.21. The molecule has 1 aromatic carbocycles. The molecule has 4 nitrogen and oxygen atoms in total. The molecule has 0 saturated heterocycles. The molecule has 0 aliphatic carbocycles. The van der Waals surface area contributed by atoms with Gasteiger partial charge in [-0.1, -0.05) is 0 Å². The minimum atomic E-state index is -4.42. The predicted octanol–water partition coefficient (Wildman–Crippen LogP) is 2.98. The van der Waals surface area contributed by atoms with Crippen LogP contribution in [0.1, 0.15) is 24.2 Å². The van der Waals surface area contributed by atoms with Crippen LogP contribution in [-0.2, 0) is 0 Å². The van der Waals surface area contributed by atoms with E-state index in [2.05, 4.69) is 9.97 Å². The molecule has 0 spiro atoms. The average molecular weight is 285 g/mol. The highest BCUT2D eigenvalue weighted by Gasteiger charge is 2.34. The van der Waals surface area contributed by atoms with Gasteiger partial charge in [0.05, 0.1) is 17.4 Å². The molecule has 1 aromatic heterocycles. The van der Waals surface area contributed by atoms with Crippen LogP contribution in [0.4, 0.5) is 13.2 Å². The SMILES string of the molecule is CC(C)N(CC(F)(F)F)C(=O)c1ccc2nc[nH]c2c1. The lowest BCUT2D eigenvalue weighted by atomic mass is 10.1. The standard InChI is InChI=1S/C13H14F3N3O/c1-8(2)19(6-13(14,15)16)12(20)9-3-4-10-11(5-9)18-7-17-10/h3-5,7-8H,6H2,1-2H3,(H,17,18). The van der Waals surface area contributed by atoms with Crippen LogP contribution in [-0.4, -0.2) is 39.5 Å². The number of H-pyrrole nitrogens is 1. The molecule has 20 heavy (non-hydrogen) atoms. The van der Waals surface area contributed by atoms with Crippen LogP contribution in [0.2, 0.25) is 0 Å². The smallest absolute Gasteiger partial charge is 0.345 e. The van der Waals surface area contributed by atoms with Gasteiger partial charge in [-0.2, -0.15) is 13.2 Å². The van der Waals surface area contributed by atoms with E-state index in [1.807, 2.05) is 0 Å². The Kier molecular flexibility index (Phi) is 3.69. The molecule has 0 atom stereocenters. The van der Waals surface area contributed by atoms with Gasteiger partial charge >= 0.3 is 6.18 Å². The fourth-order valence-corrected chi connectivity index (χ4v) is 1.92. The number of halogens is 3. The van der Waals surface area contributed by atoms with Gasteiger partial charge in [0.2, 0.25) is 0 Å². The normalized spacial score (nSPS) is 12.1. The van der Waals surface area contributed by atoms with Crippen molar-refractivity contribution in [3.8, 4) is 0 Å². The lowest BCUT2D eigenvalue weighted by molar-refractivity contribution is -0.143. The van der Waals surface area contributed by atoms with E-state index >= 15 is 0 Å². The summed E-state index contributed by atoms with van der Waals surface area (Å²) in [5.41, 5.74) is 1.49. The molecule has 0 fully saturated rings. The summed E-state index contributed by atoms with van der Waals surface area (Å²) in [4.78, 5) is 19.8. The van der Waals surface area contributed by atoms with Crippen molar-refractivity contribution in [1.29, 1.82) is 0 Å². The zero-order valence-electron chi connectivity index (χ0n) is 11.0. The third kappa shape index (κ3) is 3.09. The van der Waals surface area contributed by atoms with E-state index in [1.54, 1.807) is 19.9 Å². The maximum Gasteiger partial charge on any atom is 0.406 e. The first-order valence-corrected chi connectivity index (χ1v) is 6.09. The molecule has 7 heteroatoms. The van der Waals surface area contributed by atoms with Crippen molar-refractivity contribution in [3.05, 3.63) is 30.1 Å². The number of fused-ring (bicyclic) bond motifs is 1. The van der Waals surface area contributed by atoms with Crippen molar-refractivity contribution in [2.45, 2.75) is 26.1 Å². The van der Waals surface area contributed by atoms with Crippen molar-refractivity contribution in [2.24, 2.45) is 0 Å². The Morgan fingerprint density at radius 2 is 2.10 bits per heavy atom. The van der Waals surface area contributed by atoms with Crippen LogP contribution in [0.25, 0.3) is 11.0 Å². The van der Waals surface area contributed by atoms with Crippen LogP contribution < -0.4 is 0 Å². The molecule has 0 radical (unpaired) electrons. The highest BCUT2D eigenvalue weighted by molar-refractivity contribution is 5.97. The van der Waals surface area contributed by atoms with Crippen LogP contribution in [0.15, 0.2) is 24.5 Å². The molecule has 1 N–H and O–H groups in total. The molecule has 0 aliphatic rings. The minimum Gasteiger partial charge on any atom is -0.345 e. The summed E-state index contributed by atoms with van der Waals surface area (Å²) in [7, 11) is 0. The molecule has 2 rings (SSSR count). The second-order valence-electron chi connectivity index (χ2n) is 4.78. The topological polar surface area (TPSA) is 49.0 Å². The van der Waals surface area contributed by atoms with Gasteiger partial charge in [-0.3, -0.25) is 4.79 Å². The third-order valence-electron chi connectivity index (χ3n) is 2.90. The molecule has 1 amide bonds. The molecular formula is C13H14F3N3O. The van der Waals surface area contributed by atoms with Gasteiger partial charge < -0.3 is 9.88 Å². The van der Waals surface area contributed by atoms with Gasteiger partial charge in [-0.25, -0.2) is 4.98 Å². The summed E-state index contributed by atoms with van der Waals surface area (Å²) in [6.45, 7) is 1.85. The highest BCUT2D eigenvalue weighted by atomic mass is 19.4. The number of carbonyl (C=O) groups excluding carboxylic acids is 1. The molecule has 0 saturated carbocycles. The van der Waals surface area contributed by atoms with Gasteiger partial charge in [0, 0.05) is 11.6 Å². The Morgan fingerprint density at radius 1 is 1.40 bits per heavy atom. The van der Waals surface area contributed by atoms with Crippen LogP contribution in [0.5, 0.6) is 0 Å². The van der Waals surface area contributed by atoms with Crippen molar-refractivity contribution in [1.82, 2.24) is 14.9 Å².